The van der Waals surface area contributed by atoms with Gasteiger partial charge in [0, 0.05) is 19.7 Å². The van der Waals surface area contributed by atoms with Crippen LogP contribution in [-0.4, -0.2) is 39.7 Å². The molecule has 146 valence electrons. The van der Waals surface area contributed by atoms with Crippen LogP contribution in [0.15, 0.2) is 47.4 Å². The van der Waals surface area contributed by atoms with Gasteiger partial charge >= 0.3 is 6.36 Å². The largest absolute Gasteiger partial charge is 0.573 e. The van der Waals surface area contributed by atoms with Crippen molar-refractivity contribution in [2.75, 3.05) is 18.8 Å². The van der Waals surface area contributed by atoms with Gasteiger partial charge in [0.1, 0.15) is 5.75 Å². The van der Waals surface area contributed by atoms with E-state index in [0.717, 1.165) is 24.3 Å². The van der Waals surface area contributed by atoms with Crippen LogP contribution >= 0.6 is 0 Å². The van der Waals surface area contributed by atoms with Crippen LogP contribution in [-0.2, 0) is 10.0 Å². The molecule has 10 heteroatoms. The standard InChI is InChI=1S/C17H17F3N2O4S/c1-11-4-5-12(16(23)22(2)3)10-15(11)21-27(24,25)14-8-6-13(7-9-14)26-17(18,19)20/h4-10,21H,1-3H3. The van der Waals surface area contributed by atoms with Gasteiger partial charge in [-0.3, -0.25) is 9.52 Å². The van der Waals surface area contributed by atoms with Crippen molar-refractivity contribution >= 4 is 21.6 Å². The maximum atomic E-state index is 12.5. The van der Waals surface area contributed by atoms with Gasteiger partial charge in [0.2, 0.25) is 0 Å². The van der Waals surface area contributed by atoms with Gasteiger partial charge in [-0.1, -0.05) is 6.07 Å². The normalized spacial score (nSPS) is 11.8. The first-order chi connectivity index (χ1) is 12.4. The smallest absolute Gasteiger partial charge is 0.406 e. The Morgan fingerprint density at radius 2 is 1.67 bits per heavy atom. The monoisotopic (exact) mass is 402 g/mol. The van der Waals surface area contributed by atoms with Crippen LogP contribution in [0.1, 0.15) is 15.9 Å². The second-order valence-corrected chi connectivity index (χ2v) is 7.54. The van der Waals surface area contributed by atoms with Crippen molar-refractivity contribution < 1.29 is 31.1 Å². The number of nitrogens with one attached hydrogen (secondary N) is 1. The van der Waals surface area contributed by atoms with Crippen molar-refractivity contribution in [1.82, 2.24) is 4.90 Å². The Balaban J connectivity index is 2.28. The number of anilines is 1. The molecule has 1 N–H and O–H groups in total. The van der Waals surface area contributed by atoms with E-state index in [9.17, 15) is 26.4 Å². The number of carbonyl (C=O) groups excluding carboxylic acids is 1. The quantitative estimate of drug-likeness (QED) is 0.832. The first kappa shape index (κ1) is 20.6. The molecule has 0 heterocycles. The average Bonchev–Trinajstić information content (AvgIpc) is 2.55. The third-order valence-electron chi connectivity index (χ3n) is 3.50. The zero-order valence-electron chi connectivity index (χ0n) is 14.7. The minimum absolute atomic E-state index is 0.193. The number of ether oxygens (including phenoxy) is 1. The van der Waals surface area contributed by atoms with Gasteiger partial charge in [-0.25, -0.2) is 8.42 Å². The Morgan fingerprint density at radius 3 is 2.19 bits per heavy atom. The van der Waals surface area contributed by atoms with Crippen LogP contribution in [0.2, 0.25) is 0 Å². The van der Waals surface area contributed by atoms with Gasteiger partial charge in [-0.2, -0.15) is 0 Å². The Hall–Kier alpha value is -2.75. The number of hydrogen-bond donors (Lipinski definition) is 1. The first-order valence-corrected chi connectivity index (χ1v) is 9.08. The lowest BCUT2D eigenvalue weighted by atomic mass is 10.1. The van der Waals surface area contributed by atoms with Gasteiger partial charge in [0.15, 0.2) is 0 Å². The van der Waals surface area contributed by atoms with Crippen molar-refractivity contribution in [3.05, 3.63) is 53.6 Å². The fraction of sp³-hybridized carbons (Fsp3) is 0.235. The lowest BCUT2D eigenvalue weighted by molar-refractivity contribution is -0.274. The summed E-state index contributed by atoms with van der Waals surface area (Å²) in [4.78, 5) is 13.1. The molecule has 2 rings (SSSR count). The molecule has 0 radical (unpaired) electrons. The van der Waals surface area contributed by atoms with E-state index in [-0.39, 0.29) is 22.1 Å². The highest BCUT2D eigenvalue weighted by Gasteiger charge is 2.31. The minimum Gasteiger partial charge on any atom is -0.406 e. The van der Waals surface area contributed by atoms with Crippen LogP contribution in [0.25, 0.3) is 0 Å². The molecule has 6 nitrogen and oxygen atoms in total. The number of amides is 1. The molecule has 1 amide bonds. The summed E-state index contributed by atoms with van der Waals surface area (Å²) in [6.07, 6.45) is -4.87. The third kappa shape index (κ3) is 5.36. The Morgan fingerprint density at radius 1 is 1.07 bits per heavy atom. The number of halogens is 3. The molecule has 27 heavy (non-hydrogen) atoms. The predicted octanol–water partition coefficient (Wildman–Crippen LogP) is 3.40. The summed E-state index contributed by atoms with van der Waals surface area (Å²) in [5.41, 5.74) is 1.06. The zero-order chi connectivity index (χ0) is 20.4. The minimum atomic E-state index is -4.87. The van der Waals surface area contributed by atoms with Crippen LogP contribution in [0.3, 0.4) is 0 Å². The maximum Gasteiger partial charge on any atom is 0.573 e. The molecule has 0 spiro atoms. The van der Waals surface area contributed by atoms with E-state index in [1.165, 1.54) is 11.0 Å². The fourth-order valence-corrected chi connectivity index (χ4v) is 3.27. The van der Waals surface area contributed by atoms with Crippen molar-refractivity contribution in [2.45, 2.75) is 18.2 Å². The zero-order valence-corrected chi connectivity index (χ0v) is 15.5. The van der Waals surface area contributed by atoms with E-state index < -0.39 is 22.1 Å². The molecule has 0 aliphatic rings. The van der Waals surface area contributed by atoms with Crippen LogP contribution in [0, 0.1) is 6.92 Å². The van der Waals surface area contributed by atoms with E-state index in [4.69, 9.17) is 0 Å². The van der Waals surface area contributed by atoms with E-state index in [1.54, 1.807) is 33.2 Å². The summed E-state index contributed by atoms with van der Waals surface area (Å²) in [6.45, 7) is 1.65. The Kier molecular flexibility index (Phi) is 5.69. The summed E-state index contributed by atoms with van der Waals surface area (Å²) < 4.78 is 67.6. The summed E-state index contributed by atoms with van der Waals surface area (Å²) in [5.74, 6) is -0.833. The number of sulfonamides is 1. The molecule has 0 fully saturated rings. The van der Waals surface area contributed by atoms with E-state index in [1.807, 2.05) is 0 Å². The summed E-state index contributed by atoms with van der Waals surface area (Å²) in [5, 5.41) is 0. The van der Waals surface area contributed by atoms with Gasteiger partial charge in [-0.05, 0) is 48.9 Å². The number of benzene rings is 2. The number of rotatable bonds is 5. The average molecular weight is 402 g/mol. The molecule has 2 aromatic carbocycles. The van der Waals surface area contributed by atoms with Gasteiger partial charge in [-0.15, -0.1) is 13.2 Å². The summed E-state index contributed by atoms with van der Waals surface area (Å²) in [6, 6.07) is 8.35. The second kappa shape index (κ2) is 7.47. The lowest BCUT2D eigenvalue weighted by Crippen LogP contribution is -2.22. The van der Waals surface area contributed by atoms with Gasteiger partial charge in [0.05, 0.1) is 10.6 Å². The molecule has 0 aliphatic carbocycles. The Labute approximate surface area is 154 Å². The molecule has 0 saturated carbocycles. The van der Waals surface area contributed by atoms with Crippen LogP contribution in [0.5, 0.6) is 5.75 Å². The van der Waals surface area contributed by atoms with E-state index >= 15 is 0 Å². The molecular formula is C17H17F3N2O4S. The molecule has 0 unspecified atom stereocenters. The predicted molar refractivity (Wildman–Crippen MR) is 93.1 cm³/mol. The van der Waals surface area contributed by atoms with Gasteiger partial charge in [0.25, 0.3) is 15.9 Å². The molecular weight excluding hydrogens is 385 g/mol. The summed E-state index contributed by atoms with van der Waals surface area (Å²) >= 11 is 0. The second-order valence-electron chi connectivity index (χ2n) is 5.85. The molecule has 0 atom stereocenters. The number of carbonyl (C=O) groups is 1. The highest BCUT2D eigenvalue weighted by Crippen LogP contribution is 2.26. The van der Waals surface area contributed by atoms with E-state index in [2.05, 4.69) is 9.46 Å². The fourth-order valence-electron chi connectivity index (χ4n) is 2.15. The van der Waals surface area contributed by atoms with Crippen molar-refractivity contribution in [1.29, 1.82) is 0 Å². The summed E-state index contributed by atoms with van der Waals surface area (Å²) in [7, 11) is -0.939. The number of aryl methyl sites for hydroxylation is 1. The van der Waals surface area contributed by atoms with Gasteiger partial charge < -0.3 is 9.64 Å². The molecule has 2 aromatic rings. The van der Waals surface area contributed by atoms with Crippen LogP contribution in [0.4, 0.5) is 18.9 Å². The SMILES string of the molecule is Cc1ccc(C(=O)N(C)C)cc1NS(=O)(=O)c1ccc(OC(F)(F)F)cc1. The third-order valence-corrected chi connectivity index (χ3v) is 4.88. The first-order valence-electron chi connectivity index (χ1n) is 7.60. The topological polar surface area (TPSA) is 75.7 Å². The van der Waals surface area contributed by atoms with E-state index in [0.29, 0.717) is 5.56 Å². The highest BCUT2D eigenvalue weighted by atomic mass is 32.2. The molecule has 0 aromatic heterocycles. The molecule has 0 saturated heterocycles. The molecule has 0 bridgehead atoms. The maximum absolute atomic E-state index is 12.5. The highest BCUT2D eigenvalue weighted by molar-refractivity contribution is 7.92. The Bertz CT molecular complexity index is 940. The number of hydrogen-bond acceptors (Lipinski definition) is 4. The van der Waals surface area contributed by atoms with Crippen LogP contribution < -0.4 is 9.46 Å². The lowest BCUT2D eigenvalue weighted by Gasteiger charge is -2.15. The van der Waals surface area contributed by atoms with Crippen molar-refractivity contribution in [3.63, 3.8) is 0 Å². The number of alkyl halides is 3. The van der Waals surface area contributed by atoms with Crippen molar-refractivity contribution in [2.24, 2.45) is 0 Å². The number of nitrogens with zero attached hydrogens (tertiary/aromatic N) is 1. The van der Waals surface area contributed by atoms with Crippen molar-refractivity contribution in [3.8, 4) is 5.75 Å². The molecule has 0 aliphatic heterocycles.